The van der Waals surface area contributed by atoms with Crippen LogP contribution in [0.1, 0.15) is 5.56 Å². The van der Waals surface area contributed by atoms with E-state index in [1.54, 1.807) is 11.1 Å². The van der Waals surface area contributed by atoms with Gasteiger partial charge >= 0.3 is 0 Å². The first-order valence-corrected chi connectivity index (χ1v) is 6.67. The van der Waals surface area contributed by atoms with E-state index in [4.69, 9.17) is 22.2 Å². The summed E-state index contributed by atoms with van der Waals surface area (Å²) in [6.45, 7) is 4.72. The summed E-state index contributed by atoms with van der Waals surface area (Å²) in [5.41, 5.74) is 2.02. The molecule has 2 rings (SSSR count). The van der Waals surface area contributed by atoms with E-state index in [1.165, 1.54) is 0 Å². The molecule has 0 aliphatic heterocycles. The first-order valence-electron chi connectivity index (χ1n) is 6.29. The van der Waals surface area contributed by atoms with Gasteiger partial charge in [0.05, 0.1) is 12.2 Å². The highest BCUT2D eigenvalue weighted by Gasteiger charge is 2.03. The Morgan fingerprint density at radius 1 is 1.10 bits per heavy atom. The molecular weight excluding hydrogens is 272 g/mol. The number of nitrogens with zero attached hydrogens (tertiary/aromatic N) is 1. The molecule has 4 heteroatoms. The summed E-state index contributed by atoms with van der Waals surface area (Å²) in [7, 11) is 0. The molecule has 2 aromatic carbocycles. The van der Waals surface area contributed by atoms with Crippen LogP contribution in [0.15, 0.2) is 61.2 Å². The van der Waals surface area contributed by atoms with E-state index in [0.717, 1.165) is 22.0 Å². The van der Waals surface area contributed by atoms with Crippen molar-refractivity contribution in [1.82, 2.24) is 0 Å². The molecule has 0 aliphatic rings. The molecule has 0 aliphatic carbocycles. The fourth-order valence-corrected chi connectivity index (χ4v) is 1.89. The summed E-state index contributed by atoms with van der Waals surface area (Å²) in [6, 6.07) is 15.3. The molecule has 0 spiro atoms. The molecule has 3 nitrogen and oxygen atoms in total. The third-order valence-electron chi connectivity index (χ3n) is 2.80. The van der Waals surface area contributed by atoms with Crippen molar-refractivity contribution >= 4 is 17.3 Å². The lowest BCUT2D eigenvalue weighted by atomic mass is 10.2. The van der Waals surface area contributed by atoms with Gasteiger partial charge in [-0.3, -0.25) is 0 Å². The van der Waals surface area contributed by atoms with Gasteiger partial charge in [0.15, 0.2) is 0 Å². The second-order valence-corrected chi connectivity index (χ2v) is 4.78. The minimum Gasteiger partial charge on any atom is -0.490 e. The van der Waals surface area contributed by atoms with Gasteiger partial charge in [-0.25, -0.2) is 5.84 Å². The first-order chi connectivity index (χ1) is 9.69. The number of hydrogen-bond acceptors (Lipinski definition) is 3. The van der Waals surface area contributed by atoms with Crippen LogP contribution in [0.3, 0.4) is 0 Å². The molecule has 0 amide bonds. The summed E-state index contributed by atoms with van der Waals surface area (Å²) in [5.74, 6) is 6.86. The fourth-order valence-electron chi connectivity index (χ4n) is 1.77. The predicted octanol–water partition coefficient (Wildman–Crippen LogP) is 3.79. The molecule has 2 aromatic rings. The monoisotopic (exact) mass is 288 g/mol. The summed E-state index contributed by atoms with van der Waals surface area (Å²) in [5, 5.41) is 2.40. The maximum absolute atomic E-state index is 6.06. The first kappa shape index (κ1) is 14.4. The van der Waals surface area contributed by atoms with Crippen LogP contribution in [0.2, 0.25) is 5.02 Å². The van der Waals surface area contributed by atoms with Crippen LogP contribution in [0, 0.1) is 0 Å². The number of anilines is 1. The molecule has 104 valence electrons. The van der Waals surface area contributed by atoms with Crippen molar-refractivity contribution in [3.05, 3.63) is 71.8 Å². The van der Waals surface area contributed by atoms with Crippen LogP contribution in [-0.2, 0) is 6.54 Å². The van der Waals surface area contributed by atoms with Gasteiger partial charge in [0.2, 0.25) is 0 Å². The van der Waals surface area contributed by atoms with Gasteiger partial charge in [-0.05, 0) is 42.0 Å². The van der Waals surface area contributed by atoms with E-state index in [1.807, 2.05) is 48.5 Å². The highest BCUT2D eigenvalue weighted by Crippen LogP contribution is 2.19. The molecule has 0 atom stereocenters. The summed E-state index contributed by atoms with van der Waals surface area (Å²) >= 11 is 5.86. The lowest BCUT2D eigenvalue weighted by Crippen LogP contribution is -2.29. The smallest absolute Gasteiger partial charge is 0.119 e. The Hall–Kier alpha value is -1.97. The lowest BCUT2D eigenvalue weighted by molar-refractivity contribution is 0.363. The normalized spacial score (nSPS) is 10.1. The van der Waals surface area contributed by atoms with E-state index in [-0.39, 0.29) is 0 Å². The maximum Gasteiger partial charge on any atom is 0.119 e. The second kappa shape index (κ2) is 6.98. The fraction of sp³-hybridized carbons (Fsp3) is 0.125. The summed E-state index contributed by atoms with van der Waals surface area (Å²) in [4.78, 5) is 0. The van der Waals surface area contributed by atoms with Crippen LogP contribution < -0.4 is 15.6 Å². The quantitative estimate of drug-likeness (QED) is 0.499. The van der Waals surface area contributed by atoms with Crippen LogP contribution in [0.5, 0.6) is 5.75 Å². The van der Waals surface area contributed by atoms with Gasteiger partial charge in [0.25, 0.3) is 0 Å². The highest BCUT2D eigenvalue weighted by molar-refractivity contribution is 6.30. The van der Waals surface area contributed by atoms with Crippen LogP contribution in [-0.4, -0.2) is 6.61 Å². The minimum atomic E-state index is 0.496. The molecule has 0 saturated heterocycles. The zero-order chi connectivity index (χ0) is 14.4. The van der Waals surface area contributed by atoms with Crippen molar-refractivity contribution in [2.45, 2.75) is 6.54 Å². The Bertz CT molecular complexity index is 552. The van der Waals surface area contributed by atoms with Gasteiger partial charge in [-0.1, -0.05) is 36.4 Å². The number of ether oxygens (including phenoxy) is 1. The Balaban J connectivity index is 1.99. The van der Waals surface area contributed by atoms with Crippen molar-refractivity contribution in [2.75, 3.05) is 11.6 Å². The number of nitrogens with two attached hydrogens (primary N) is 1. The van der Waals surface area contributed by atoms with E-state index in [0.29, 0.717) is 13.2 Å². The largest absolute Gasteiger partial charge is 0.490 e. The summed E-state index contributed by atoms with van der Waals surface area (Å²) in [6.07, 6.45) is 1.71. The number of rotatable bonds is 6. The Morgan fingerprint density at radius 3 is 2.35 bits per heavy atom. The van der Waals surface area contributed by atoms with Crippen LogP contribution in [0.25, 0.3) is 0 Å². The maximum atomic E-state index is 6.06. The average molecular weight is 289 g/mol. The standard InChI is InChI=1S/C16H17ClN2O/c1-2-11-20-16-9-7-15(8-10-16)19(18)12-13-3-5-14(17)6-4-13/h2-10H,1,11-12,18H2. The van der Waals surface area contributed by atoms with Gasteiger partial charge in [0.1, 0.15) is 12.4 Å². The third kappa shape index (κ3) is 4.02. The van der Waals surface area contributed by atoms with Gasteiger partial charge in [-0.2, -0.15) is 0 Å². The Labute approximate surface area is 124 Å². The van der Waals surface area contributed by atoms with E-state index in [9.17, 15) is 0 Å². The third-order valence-corrected chi connectivity index (χ3v) is 3.05. The highest BCUT2D eigenvalue weighted by atomic mass is 35.5. The topological polar surface area (TPSA) is 38.5 Å². The van der Waals surface area contributed by atoms with Gasteiger partial charge in [0, 0.05) is 5.02 Å². The molecule has 2 N–H and O–H groups in total. The molecule has 0 saturated carbocycles. The van der Waals surface area contributed by atoms with Crippen LogP contribution in [0.4, 0.5) is 5.69 Å². The zero-order valence-electron chi connectivity index (χ0n) is 11.1. The number of benzene rings is 2. The van der Waals surface area contributed by atoms with E-state index < -0.39 is 0 Å². The van der Waals surface area contributed by atoms with Gasteiger partial charge in [-0.15, -0.1) is 0 Å². The molecule has 0 heterocycles. The predicted molar refractivity (Wildman–Crippen MR) is 84.0 cm³/mol. The van der Waals surface area contributed by atoms with Crippen LogP contribution >= 0.6 is 11.6 Å². The van der Waals surface area contributed by atoms with Crippen molar-refractivity contribution in [3.8, 4) is 5.75 Å². The molecule has 0 unspecified atom stereocenters. The van der Waals surface area contributed by atoms with Crippen molar-refractivity contribution in [1.29, 1.82) is 0 Å². The van der Waals surface area contributed by atoms with E-state index >= 15 is 0 Å². The van der Waals surface area contributed by atoms with Crippen molar-refractivity contribution in [2.24, 2.45) is 5.84 Å². The zero-order valence-corrected chi connectivity index (χ0v) is 11.9. The number of halogens is 1. The van der Waals surface area contributed by atoms with Gasteiger partial charge < -0.3 is 9.75 Å². The van der Waals surface area contributed by atoms with E-state index in [2.05, 4.69) is 6.58 Å². The molecule has 0 bridgehead atoms. The average Bonchev–Trinajstić information content (AvgIpc) is 2.48. The number of hydrazine groups is 1. The molecule has 20 heavy (non-hydrogen) atoms. The molecule has 0 fully saturated rings. The minimum absolute atomic E-state index is 0.496. The van der Waals surface area contributed by atoms with Crippen molar-refractivity contribution in [3.63, 3.8) is 0 Å². The summed E-state index contributed by atoms with van der Waals surface area (Å²) < 4.78 is 5.43. The van der Waals surface area contributed by atoms with Crippen molar-refractivity contribution < 1.29 is 4.74 Å². The Kier molecular flexibility index (Phi) is 5.04. The molecule has 0 radical (unpaired) electrons. The second-order valence-electron chi connectivity index (χ2n) is 4.35. The number of hydrogen-bond donors (Lipinski definition) is 1. The Morgan fingerprint density at radius 2 is 1.75 bits per heavy atom. The lowest BCUT2D eigenvalue weighted by Gasteiger charge is -2.19. The molecule has 0 aromatic heterocycles. The SMILES string of the molecule is C=CCOc1ccc(N(N)Cc2ccc(Cl)cc2)cc1. The molecular formula is C16H17ClN2O.